The van der Waals surface area contributed by atoms with E-state index in [1.165, 1.54) is 0 Å². The Bertz CT molecular complexity index is 812. The first-order valence-corrected chi connectivity index (χ1v) is 9.53. The van der Waals surface area contributed by atoms with Gasteiger partial charge in [-0.25, -0.2) is 8.42 Å². The van der Waals surface area contributed by atoms with E-state index in [4.69, 9.17) is 5.73 Å². The van der Waals surface area contributed by atoms with Crippen LogP contribution in [0.25, 0.3) is 0 Å². The van der Waals surface area contributed by atoms with Gasteiger partial charge in [-0.15, -0.1) is 0 Å². The van der Waals surface area contributed by atoms with Gasteiger partial charge in [0.2, 0.25) is 11.9 Å². The summed E-state index contributed by atoms with van der Waals surface area (Å²) in [7, 11) is -2.93. The van der Waals surface area contributed by atoms with E-state index in [2.05, 4.69) is 25.6 Å². The number of rotatable bonds is 5. The average molecular weight is 348 g/mol. The number of nitrogen functional groups attached to an aromatic ring is 1. The molecule has 3 rings (SSSR count). The van der Waals surface area contributed by atoms with Crippen LogP contribution in [-0.2, 0) is 9.84 Å². The Morgan fingerprint density at radius 2 is 1.96 bits per heavy atom. The molecule has 2 aromatic rings. The predicted molar refractivity (Wildman–Crippen MR) is 92.6 cm³/mol. The van der Waals surface area contributed by atoms with Crippen LogP contribution in [-0.4, -0.2) is 40.9 Å². The van der Waals surface area contributed by atoms with Crippen LogP contribution in [0.4, 0.5) is 17.6 Å². The third-order valence-corrected chi connectivity index (χ3v) is 5.57. The smallest absolute Gasteiger partial charge is 0.232 e. The Balaban J connectivity index is 1.73. The van der Waals surface area contributed by atoms with Crippen LogP contribution in [0.5, 0.6) is 0 Å². The predicted octanol–water partition coefficient (Wildman–Crippen LogP) is 1.04. The Labute approximate surface area is 140 Å². The van der Waals surface area contributed by atoms with Gasteiger partial charge in [-0.1, -0.05) is 18.2 Å². The molecule has 1 fully saturated rings. The number of aromatic nitrogens is 3. The molecule has 0 spiro atoms. The van der Waals surface area contributed by atoms with Gasteiger partial charge in [-0.3, -0.25) is 0 Å². The zero-order valence-corrected chi connectivity index (χ0v) is 14.1. The van der Waals surface area contributed by atoms with Crippen molar-refractivity contribution in [3.63, 3.8) is 0 Å². The molecule has 1 aliphatic heterocycles. The molecule has 2 atom stereocenters. The molecule has 1 aromatic carbocycles. The molecule has 0 aliphatic carbocycles. The molecule has 0 radical (unpaired) electrons. The van der Waals surface area contributed by atoms with Gasteiger partial charge in [-0.2, -0.15) is 15.0 Å². The van der Waals surface area contributed by atoms with Gasteiger partial charge < -0.3 is 16.4 Å². The fraction of sp³-hybridized carbons (Fsp3) is 0.400. The van der Waals surface area contributed by atoms with Crippen molar-refractivity contribution in [1.29, 1.82) is 0 Å². The summed E-state index contributed by atoms with van der Waals surface area (Å²) in [6.07, 6.45) is 0.600. The highest BCUT2D eigenvalue weighted by Gasteiger charge is 2.29. The van der Waals surface area contributed by atoms with Crippen LogP contribution < -0.4 is 16.4 Å². The highest BCUT2D eigenvalue weighted by molar-refractivity contribution is 7.91. The molecule has 4 N–H and O–H groups in total. The molecule has 0 saturated carbocycles. The van der Waals surface area contributed by atoms with Gasteiger partial charge in [0.1, 0.15) is 0 Å². The lowest BCUT2D eigenvalue weighted by atomic mass is 10.2. The topological polar surface area (TPSA) is 123 Å². The van der Waals surface area contributed by atoms with Crippen molar-refractivity contribution in [1.82, 2.24) is 20.3 Å². The number of hydrogen-bond donors (Lipinski definition) is 3. The molecule has 24 heavy (non-hydrogen) atoms. The Kier molecular flexibility index (Phi) is 4.63. The molecule has 0 unspecified atom stereocenters. The fourth-order valence-electron chi connectivity index (χ4n) is 2.66. The number of nitrogens with one attached hydrogen (secondary N) is 2. The normalized spacial score (nSPS) is 20.6. The van der Waals surface area contributed by atoms with E-state index in [0.29, 0.717) is 18.2 Å². The lowest BCUT2D eigenvalue weighted by Crippen LogP contribution is -2.33. The lowest BCUT2D eigenvalue weighted by Gasteiger charge is -2.18. The Hall–Kier alpha value is -2.26. The maximum atomic E-state index is 11.6. The standard InChI is InChI=1S/C15H20N6O2S/c1-10(17-12-7-8-24(22,23)9-12)13-19-14(16)21-15(20-13)18-11-5-3-2-4-6-11/h2-6,10,12,17H,7-9H2,1H3,(H3,16,18,19,20,21)/t10-,12+/m1/s1. The Morgan fingerprint density at radius 1 is 1.21 bits per heavy atom. The van der Waals surface area contributed by atoms with Crippen molar-refractivity contribution < 1.29 is 8.42 Å². The first kappa shape index (κ1) is 16.6. The molecule has 0 bridgehead atoms. The SMILES string of the molecule is C[C@@H](N[C@H]1CCS(=O)(=O)C1)c1nc(N)nc(Nc2ccccc2)n1. The third kappa shape index (κ3) is 4.18. The first-order valence-electron chi connectivity index (χ1n) is 7.71. The molecule has 128 valence electrons. The number of anilines is 3. The molecule has 1 saturated heterocycles. The van der Waals surface area contributed by atoms with Gasteiger partial charge in [-0.05, 0) is 25.5 Å². The van der Waals surface area contributed by atoms with Crippen LogP contribution in [0.15, 0.2) is 30.3 Å². The second-order valence-corrected chi connectivity index (χ2v) is 8.08. The second kappa shape index (κ2) is 6.70. The van der Waals surface area contributed by atoms with E-state index in [-0.39, 0.29) is 29.5 Å². The van der Waals surface area contributed by atoms with E-state index in [1.807, 2.05) is 37.3 Å². The highest BCUT2D eigenvalue weighted by Crippen LogP contribution is 2.18. The summed E-state index contributed by atoms with van der Waals surface area (Å²) in [4.78, 5) is 12.6. The van der Waals surface area contributed by atoms with Gasteiger partial charge in [0.05, 0.1) is 17.5 Å². The summed E-state index contributed by atoms with van der Waals surface area (Å²) in [5, 5.41) is 6.33. The molecular formula is C15H20N6O2S. The number of benzene rings is 1. The average Bonchev–Trinajstić information content (AvgIpc) is 2.86. The van der Waals surface area contributed by atoms with Gasteiger partial charge >= 0.3 is 0 Å². The van der Waals surface area contributed by atoms with Crippen LogP contribution in [0, 0.1) is 0 Å². The van der Waals surface area contributed by atoms with Crippen molar-refractivity contribution in [3.05, 3.63) is 36.2 Å². The van der Waals surface area contributed by atoms with Crippen molar-refractivity contribution >= 4 is 27.4 Å². The summed E-state index contributed by atoms with van der Waals surface area (Å²) >= 11 is 0. The van der Waals surface area contributed by atoms with Gasteiger partial charge in [0.25, 0.3) is 0 Å². The maximum Gasteiger partial charge on any atom is 0.232 e. The van der Waals surface area contributed by atoms with Crippen molar-refractivity contribution in [2.45, 2.75) is 25.4 Å². The van der Waals surface area contributed by atoms with E-state index in [1.54, 1.807) is 0 Å². The van der Waals surface area contributed by atoms with Crippen molar-refractivity contribution in [2.24, 2.45) is 0 Å². The number of hydrogen-bond acceptors (Lipinski definition) is 8. The largest absolute Gasteiger partial charge is 0.368 e. The van der Waals surface area contributed by atoms with E-state index < -0.39 is 9.84 Å². The molecule has 2 heterocycles. The van der Waals surface area contributed by atoms with E-state index in [0.717, 1.165) is 5.69 Å². The minimum absolute atomic E-state index is 0.0893. The number of nitrogens with zero attached hydrogens (tertiary/aromatic N) is 3. The van der Waals surface area contributed by atoms with Crippen molar-refractivity contribution in [3.8, 4) is 0 Å². The van der Waals surface area contributed by atoms with Gasteiger partial charge in [0, 0.05) is 11.7 Å². The summed E-state index contributed by atoms with van der Waals surface area (Å²) < 4.78 is 23.1. The van der Waals surface area contributed by atoms with Crippen LogP contribution in [0.3, 0.4) is 0 Å². The Morgan fingerprint density at radius 3 is 2.62 bits per heavy atom. The van der Waals surface area contributed by atoms with E-state index >= 15 is 0 Å². The minimum Gasteiger partial charge on any atom is -0.368 e. The summed E-state index contributed by atoms with van der Waals surface area (Å²) in [6, 6.07) is 9.19. The fourth-order valence-corrected chi connectivity index (χ4v) is 4.35. The zero-order chi connectivity index (χ0) is 17.2. The molecule has 1 aromatic heterocycles. The first-order chi connectivity index (χ1) is 11.4. The molecule has 1 aliphatic rings. The molecule has 9 heteroatoms. The van der Waals surface area contributed by atoms with Gasteiger partial charge in [0.15, 0.2) is 15.7 Å². The monoisotopic (exact) mass is 348 g/mol. The summed E-state index contributed by atoms with van der Waals surface area (Å²) in [6.45, 7) is 1.88. The molecule has 0 amide bonds. The molecular weight excluding hydrogens is 328 g/mol. The minimum atomic E-state index is -2.93. The maximum absolute atomic E-state index is 11.6. The van der Waals surface area contributed by atoms with Crippen LogP contribution >= 0.6 is 0 Å². The third-order valence-electron chi connectivity index (χ3n) is 3.81. The quantitative estimate of drug-likeness (QED) is 0.732. The number of sulfone groups is 1. The highest BCUT2D eigenvalue weighted by atomic mass is 32.2. The van der Waals surface area contributed by atoms with Crippen molar-refractivity contribution in [2.75, 3.05) is 22.6 Å². The van der Waals surface area contributed by atoms with Crippen LogP contribution in [0.2, 0.25) is 0 Å². The second-order valence-electron chi connectivity index (χ2n) is 5.85. The summed E-state index contributed by atoms with van der Waals surface area (Å²) in [5.41, 5.74) is 6.62. The lowest BCUT2D eigenvalue weighted by molar-refractivity contribution is 0.468. The number of nitrogens with two attached hydrogens (primary N) is 1. The summed E-state index contributed by atoms with van der Waals surface area (Å²) in [5.74, 6) is 1.32. The zero-order valence-electron chi connectivity index (χ0n) is 13.3. The number of para-hydroxylation sites is 1. The molecule has 8 nitrogen and oxygen atoms in total. The van der Waals surface area contributed by atoms with Crippen LogP contribution in [0.1, 0.15) is 25.2 Å². The van der Waals surface area contributed by atoms with E-state index in [9.17, 15) is 8.42 Å².